The average Bonchev–Trinajstić information content (AvgIpc) is 2.88. The van der Waals surface area contributed by atoms with Crippen LogP contribution in [0.3, 0.4) is 0 Å². The average molecular weight is 319 g/mol. The lowest BCUT2D eigenvalue weighted by Crippen LogP contribution is -2.10. The molecule has 1 heterocycles. The minimum atomic E-state index is -4.39. The highest BCUT2D eigenvalue weighted by Crippen LogP contribution is 2.33. The molecular formula is C18H16F3NO. The van der Waals surface area contributed by atoms with Gasteiger partial charge in [-0.25, -0.2) is 4.98 Å². The van der Waals surface area contributed by atoms with E-state index in [2.05, 4.69) is 25.8 Å². The zero-order chi connectivity index (χ0) is 16.8. The SMILES string of the molecule is CC(C)(C)c1ccc2oc(-c3cccc(C(F)(F)F)c3)nc2c1. The second-order valence-electron chi connectivity index (χ2n) is 6.53. The fourth-order valence-electron chi connectivity index (χ4n) is 2.35. The topological polar surface area (TPSA) is 26.0 Å². The lowest BCUT2D eigenvalue weighted by Gasteiger charge is -2.18. The van der Waals surface area contributed by atoms with E-state index in [1.165, 1.54) is 6.07 Å². The van der Waals surface area contributed by atoms with Gasteiger partial charge in [-0.05, 0) is 41.3 Å². The van der Waals surface area contributed by atoms with Crippen molar-refractivity contribution in [1.29, 1.82) is 0 Å². The largest absolute Gasteiger partial charge is 0.436 e. The summed E-state index contributed by atoms with van der Waals surface area (Å²) in [6.45, 7) is 6.26. The summed E-state index contributed by atoms with van der Waals surface area (Å²) in [4.78, 5) is 4.35. The fourth-order valence-corrected chi connectivity index (χ4v) is 2.35. The number of fused-ring (bicyclic) bond motifs is 1. The zero-order valence-corrected chi connectivity index (χ0v) is 13.0. The van der Waals surface area contributed by atoms with Crippen molar-refractivity contribution in [3.8, 4) is 11.5 Å². The molecule has 0 aliphatic heterocycles. The van der Waals surface area contributed by atoms with Gasteiger partial charge in [-0.15, -0.1) is 0 Å². The van der Waals surface area contributed by atoms with Crippen molar-refractivity contribution in [3.05, 3.63) is 53.6 Å². The first-order chi connectivity index (χ1) is 10.6. The van der Waals surface area contributed by atoms with Gasteiger partial charge in [0.15, 0.2) is 5.58 Å². The van der Waals surface area contributed by atoms with E-state index in [0.29, 0.717) is 16.7 Å². The molecule has 0 amide bonds. The smallest absolute Gasteiger partial charge is 0.416 e. The van der Waals surface area contributed by atoms with Crippen molar-refractivity contribution >= 4 is 11.1 Å². The van der Waals surface area contributed by atoms with E-state index >= 15 is 0 Å². The van der Waals surface area contributed by atoms with Gasteiger partial charge in [0, 0.05) is 5.56 Å². The number of aromatic nitrogens is 1. The van der Waals surface area contributed by atoms with Crippen LogP contribution < -0.4 is 0 Å². The van der Waals surface area contributed by atoms with Crippen molar-refractivity contribution in [2.24, 2.45) is 0 Å². The van der Waals surface area contributed by atoms with E-state index in [0.717, 1.165) is 17.7 Å². The fraction of sp³-hybridized carbons (Fsp3) is 0.278. The predicted molar refractivity (Wildman–Crippen MR) is 83.1 cm³/mol. The first-order valence-electron chi connectivity index (χ1n) is 7.23. The van der Waals surface area contributed by atoms with Crippen LogP contribution in [0.1, 0.15) is 31.9 Å². The van der Waals surface area contributed by atoms with Crippen molar-refractivity contribution in [3.63, 3.8) is 0 Å². The Morgan fingerprint density at radius 2 is 1.65 bits per heavy atom. The number of hydrogen-bond acceptors (Lipinski definition) is 2. The summed E-state index contributed by atoms with van der Waals surface area (Å²) in [5, 5.41) is 0. The van der Waals surface area contributed by atoms with Crippen molar-refractivity contribution in [2.75, 3.05) is 0 Å². The van der Waals surface area contributed by atoms with Gasteiger partial charge in [-0.2, -0.15) is 13.2 Å². The van der Waals surface area contributed by atoms with Gasteiger partial charge < -0.3 is 4.42 Å². The second-order valence-corrected chi connectivity index (χ2v) is 6.53. The predicted octanol–water partition coefficient (Wildman–Crippen LogP) is 5.81. The maximum absolute atomic E-state index is 12.8. The Labute approximate surface area is 132 Å². The van der Waals surface area contributed by atoms with E-state index in [-0.39, 0.29) is 11.3 Å². The van der Waals surface area contributed by atoms with Crippen LogP contribution in [-0.2, 0) is 11.6 Å². The minimum absolute atomic E-state index is 0.0382. The van der Waals surface area contributed by atoms with E-state index < -0.39 is 11.7 Å². The third-order valence-corrected chi connectivity index (χ3v) is 3.69. The van der Waals surface area contributed by atoms with Crippen LogP contribution in [0.25, 0.3) is 22.6 Å². The van der Waals surface area contributed by atoms with E-state index in [1.54, 1.807) is 12.1 Å². The van der Waals surface area contributed by atoms with Crippen LogP contribution in [0, 0.1) is 0 Å². The Morgan fingerprint density at radius 3 is 2.30 bits per heavy atom. The molecule has 0 bridgehead atoms. The van der Waals surface area contributed by atoms with E-state index in [9.17, 15) is 13.2 Å². The Balaban J connectivity index is 2.07. The molecule has 0 saturated carbocycles. The first-order valence-corrected chi connectivity index (χ1v) is 7.23. The molecule has 0 radical (unpaired) electrons. The summed E-state index contributed by atoms with van der Waals surface area (Å²) >= 11 is 0. The molecule has 0 fully saturated rings. The van der Waals surface area contributed by atoms with Gasteiger partial charge in [-0.1, -0.05) is 32.9 Å². The highest BCUT2D eigenvalue weighted by molar-refractivity contribution is 5.77. The Morgan fingerprint density at radius 1 is 0.913 bits per heavy atom. The number of nitrogens with zero attached hydrogens (tertiary/aromatic N) is 1. The summed E-state index contributed by atoms with van der Waals surface area (Å²) in [5.41, 5.74) is 1.86. The third-order valence-electron chi connectivity index (χ3n) is 3.69. The van der Waals surface area contributed by atoms with Crippen molar-refractivity contribution in [1.82, 2.24) is 4.98 Å². The van der Waals surface area contributed by atoms with Gasteiger partial charge in [0.05, 0.1) is 5.56 Å². The molecule has 2 nitrogen and oxygen atoms in total. The normalized spacial score (nSPS) is 12.8. The van der Waals surface area contributed by atoms with Gasteiger partial charge in [-0.3, -0.25) is 0 Å². The molecule has 2 aromatic carbocycles. The quantitative estimate of drug-likeness (QED) is 0.565. The molecule has 0 unspecified atom stereocenters. The van der Waals surface area contributed by atoms with Crippen LogP contribution in [0.2, 0.25) is 0 Å². The van der Waals surface area contributed by atoms with Gasteiger partial charge >= 0.3 is 6.18 Å². The summed E-state index contributed by atoms with van der Waals surface area (Å²) in [6, 6.07) is 10.7. The molecule has 120 valence electrons. The van der Waals surface area contributed by atoms with Crippen LogP contribution in [0.5, 0.6) is 0 Å². The number of benzene rings is 2. The zero-order valence-electron chi connectivity index (χ0n) is 13.0. The molecule has 0 spiro atoms. The molecule has 1 aromatic heterocycles. The number of oxazole rings is 1. The molecule has 3 aromatic rings. The summed E-state index contributed by atoms with van der Waals surface area (Å²) in [6.07, 6.45) is -4.39. The molecule has 3 rings (SSSR count). The molecule has 0 saturated heterocycles. The molecule has 0 atom stereocenters. The summed E-state index contributed by atoms with van der Waals surface area (Å²) in [7, 11) is 0. The van der Waals surface area contributed by atoms with E-state index in [1.807, 2.05) is 12.1 Å². The van der Waals surface area contributed by atoms with Crippen LogP contribution in [0.4, 0.5) is 13.2 Å². The number of rotatable bonds is 1. The number of alkyl halides is 3. The summed E-state index contributed by atoms with van der Waals surface area (Å²) < 4.78 is 44.1. The van der Waals surface area contributed by atoms with E-state index in [4.69, 9.17) is 4.42 Å². The molecular weight excluding hydrogens is 303 g/mol. The number of halogens is 3. The maximum Gasteiger partial charge on any atom is 0.416 e. The molecule has 0 aliphatic carbocycles. The maximum atomic E-state index is 12.8. The Kier molecular flexibility index (Phi) is 3.47. The molecule has 23 heavy (non-hydrogen) atoms. The van der Waals surface area contributed by atoms with Crippen LogP contribution in [-0.4, -0.2) is 4.98 Å². The lowest BCUT2D eigenvalue weighted by molar-refractivity contribution is -0.137. The lowest BCUT2D eigenvalue weighted by atomic mass is 9.87. The van der Waals surface area contributed by atoms with Crippen molar-refractivity contribution in [2.45, 2.75) is 32.4 Å². The van der Waals surface area contributed by atoms with Gasteiger partial charge in [0.2, 0.25) is 5.89 Å². The summed E-state index contributed by atoms with van der Waals surface area (Å²) in [5.74, 6) is 0.192. The Hall–Kier alpha value is -2.30. The van der Waals surface area contributed by atoms with Crippen molar-refractivity contribution < 1.29 is 17.6 Å². The standard InChI is InChI=1S/C18H16F3NO/c1-17(2,3)12-7-8-15-14(10-12)22-16(23-15)11-5-4-6-13(9-11)18(19,20)21/h4-10H,1-3H3. The first kappa shape index (κ1) is 15.6. The van der Waals surface area contributed by atoms with Gasteiger partial charge in [0.25, 0.3) is 0 Å². The third kappa shape index (κ3) is 3.09. The van der Waals surface area contributed by atoms with Crippen LogP contribution in [0.15, 0.2) is 46.9 Å². The highest BCUT2D eigenvalue weighted by Gasteiger charge is 2.30. The molecule has 0 aliphatic rings. The highest BCUT2D eigenvalue weighted by atomic mass is 19.4. The second kappa shape index (κ2) is 5.11. The molecule has 5 heteroatoms. The minimum Gasteiger partial charge on any atom is -0.436 e. The van der Waals surface area contributed by atoms with Crippen LogP contribution >= 0.6 is 0 Å². The molecule has 0 N–H and O–H groups in total. The number of hydrogen-bond donors (Lipinski definition) is 0. The Bertz CT molecular complexity index is 857. The van der Waals surface area contributed by atoms with Gasteiger partial charge in [0.1, 0.15) is 5.52 Å². The monoisotopic (exact) mass is 319 g/mol.